The average Bonchev–Trinajstić information content (AvgIpc) is 2.23. The van der Waals surface area contributed by atoms with Crippen LogP contribution in [-0.4, -0.2) is 42.4 Å². The normalized spacial score (nSPS) is 11.5. The van der Waals surface area contributed by atoms with Gasteiger partial charge in [0.2, 0.25) is 10.0 Å². The van der Waals surface area contributed by atoms with Crippen molar-refractivity contribution >= 4 is 16.0 Å². The van der Waals surface area contributed by atoms with Crippen molar-refractivity contribution in [1.29, 1.82) is 0 Å². The van der Waals surface area contributed by atoms with Crippen molar-refractivity contribution in [3.8, 4) is 0 Å². The Morgan fingerprint density at radius 3 is 2.47 bits per heavy atom. The molecule has 0 atom stereocenters. The van der Waals surface area contributed by atoms with Crippen LogP contribution in [0.5, 0.6) is 0 Å². The summed E-state index contributed by atoms with van der Waals surface area (Å²) in [4.78, 5) is 4.00. The minimum Gasteiger partial charge on any atom is -0.316 e. The first-order valence-electron chi connectivity index (χ1n) is 5.33. The van der Waals surface area contributed by atoms with Crippen LogP contribution in [0, 0.1) is 13.8 Å². The molecule has 0 spiro atoms. The highest BCUT2D eigenvalue weighted by Crippen LogP contribution is 2.04. The van der Waals surface area contributed by atoms with Crippen LogP contribution in [0.25, 0.3) is 0 Å². The van der Waals surface area contributed by atoms with Crippen LogP contribution in [0.1, 0.15) is 18.3 Å². The van der Waals surface area contributed by atoms with Gasteiger partial charge in [-0.15, -0.1) is 5.10 Å². The van der Waals surface area contributed by atoms with Gasteiger partial charge in [-0.05, 0) is 20.4 Å². The Balaban J connectivity index is 2.66. The van der Waals surface area contributed by atoms with Gasteiger partial charge in [0.15, 0.2) is 0 Å². The summed E-state index contributed by atoms with van der Waals surface area (Å²) in [5.74, 6) is 0.00140. The molecule has 96 valence electrons. The molecule has 0 aliphatic carbocycles. The lowest BCUT2D eigenvalue weighted by Crippen LogP contribution is -2.27. The van der Waals surface area contributed by atoms with Gasteiger partial charge in [-0.25, -0.2) is 18.1 Å². The van der Waals surface area contributed by atoms with E-state index in [-0.39, 0.29) is 11.7 Å². The fourth-order valence-electron chi connectivity index (χ4n) is 1.07. The maximum absolute atomic E-state index is 11.6. The number of sulfonamides is 1. The minimum atomic E-state index is -3.41. The van der Waals surface area contributed by atoms with Crippen molar-refractivity contribution in [2.75, 3.05) is 23.6 Å². The molecule has 1 aromatic rings. The van der Waals surface area contributed by atoms with Crippen LogP contribution in [0.4, 0.5) is 5.95 Å². The van der Waals surface area contributed by atoms with Crippen molar-refractivity contribution < 1.29 is 8.42 Å². The number of aromatic nitrogens is 3. The highest BCUT2D eigenvalue weighted by Gasteiger charge is 2.12. The second-order valence-corrected chi connectivity index (χ2v) is 5.42. The van der Waals surface area contributed by atoms with Crippen LogP contribution >= 0.6 is 0 Å². The van der Waals surface area contributed by atoms with E-state index >= 15 is 0 Å². The summed E-state index contributed by atoms with van der Waals surface area (Å²) in [7, 11) is -3.41. The topological polar surface area (TPSA) is 96.9 Å². The smallest absolute Gasteiger partial charge is 0.256 e. The zero-order chi connectivity index (χ0) is 12.9. The molecule has 0 amide bonds. The highest BCUT2D eigenvalue weighted by molar-refractivity contribution is 7.92. The zero-order valence-corrected chi connectivity index (χ0v) is 11.0. The molecule has 0 saturated carbocycles. The maximum Gasteiger partial charge on any atom is 0.256 e. The Labute approximate surface area is 101 Å². The molecule has 0 aromatic carbocycles. The molecule has 0 saturated heterocycles. The van der Waals surface area contributed by atoms with Gasteiger partial charge >= 0.3 is 0 Å². The molecule has 0 unspecified atom stereocenters. The maximum atomic E-state index is 11.6. The van der Waals surface area contributed by atoms with Gasteiger partial charge in [-0.3, -0.25) is 0 Å². The monoisotopic (exact) mass is 259 g/mol. The van der Waals surface area contributed by atoms with E-state index in [0.29, 0.717) is 17.9 Å². The van der Waals surface area contributed by atoms with Gasteiger partial charge in [-0.1, -0.05) is 6.92 Å². The summed E-state index contributed by atoms with van der Waals surface area (Å²) in [6, 6.07) is 0. The second-order valence-electron chi connectivity index (χ2n) is 3.58. The van der Waals surface area contributed by atoms with E-state index in [0.717, 1.165) is 6.54 Å². The summed E-state index contributed by atoms with van der Waals surface area (Å²) >= 11 is 0. The Kier molecular flexibility index (Phi) is 4.76. The lowest BCUT2D eigenvalue weighted by molar-refractivity contribution is 0.596. The van der Waals surface area contributed by atoms with Crippen molar-refractivity contribution in [3.05, 3.63) is 11.4 Å². The molecule has 0 fully saturated rings. The number of aryl methyl sites for hydroxylation is 2. The molecular weight excluding hydrogens is 242 g/mol. The van der Waals surface area contributed by atoms with Crippen LogP contribution < -0.4 is 10.0 Å². The average molecular weight is 259 g/mol. The number of nitrogens with one attached hydrogen (secondary N) is 2. The van der Waals surface area contributed by atoms with Gasteiger partial charge in [0.25, 0.3) is 5.95 Å². The van der Waals surface area contributed by atoms with E-state index in [9.17, 15) is 8.42 Å². The summed E-state index contributed by atoms with van der Waals surface area (Å²) in [5, 5.41) is 10.4. The molecule has 2 N–H and O–H groups in total. The van der Waals surface area contributed by atoms with Gasteiger partial charge in [-0.2, -0.15) is 5.10 Å². The number of anilines is 1. The first-order chi connectivity index (χ1) is 7.94. The van der Waals surface area contributed by atoms with E-state index in [4.69, 9.17) is 0 Å². The Bertz CT molecular complexity index is 474. The predicted molar refractivity (Wildman–Crippen MR) is 65.3 cm³/mol. The van der Waals surface area contributed by atoms with E-state index in [2.05, 4.69) is 25.2 Å². The minimum absolute atomic E-state index is 0.0167. The fourth-order valence-corrected chi connectivity index (χ4v) is 1.95. The van der Waals surface area contributed by atoms with Crippen molar-refractivity contribution in [2.24, 2.45) is 0 Å². The van der Waals surface area contributed by atoms with E-state index in [1.165, 1.54) is 0 Å². The Morgan fingerprint density at radius 2 is 1.88 bits per heavy atom. The summed E-state index contributed by atoms with van der Waals surface area (Å²) < 4.78 is 25.5. The van der Waals surface area contributed by atoms with Crippen LogP contribution in [0.2, 0.25) is 0 Å². The molecule has 7 nitrogen and oxygen atoms in total. The number of hydrogen-bond acceptors (Lipinski definition) is 6. The molecular formula is C9H17N5O2S. The van der Waals surface area contributed by atoms with Gasteiger partial charge < -0.3 is 5.32 Å². The quantitative estimate of drug-likeness (QED) is 0.689. The third-order valence-corrected chi connectivity index (χ3v) is 3.37. The van der Waals surface area contributed by atoms with Crippen molar-refractivity contribution in [3.63, 3.8) is 0 Å². The molecule has 0 aliphatic heterocycles. The standard InChI is InChI=1S/C9H17N5O2S/c1-4-10-5-6-17(15,16)14-9-11-7(2)8(3)12-13-9/h10H,4-6H2,1-3H3,(H,11,13,14). The lowest BCUT2D eigenvalue weighted by atomic mass is 10.4. The summed E-state index contributed by atoms with van der Waals surface area (Å²) in [5.41, 5.74) is 1.34. The first kappa shape index (κ1) is 13.8. The van der Waals surface area contributed by atoms with E-state index in [1.54, 1.807) is 13.8 Å². The van der Waals surface area contributed by atoms with Crippen LogP contribution in [0.3, 0.4) is 0 Å². The first-order valence-corrected chi connectivity index (χ1v) is 6.99. The third kappa shape index (κ3) is 4.61. The van der Waals surface area contributed by atoms with Crippen LogP contribution in [-0.2, 0) is 10.0 Å². The molecule has 0 aliphatic rings. The molecule has 1 heterocycles. The lowest BCUT2D eigenvalue weighted by Gasteiger charge is -2.07. The van der Waals surface area contributed by atoms with E-state index < -0.39 is 10.0 Å². The molecule has 17 heavy (non-hydrogen) atoms. The Morgan fingerprint density at radius 1 is 1.18 bits per heavy atom. The van der Waals surface area contributed by atoms with Gasteiger partial charge in [0.1, 0.15) is 0 Å². The molecule has 1 rings (SSSR count). The number of hydrogen-bond donors (Lipinski definition) is 2. The molecule has 1 aromatic heterocycles. The SMILES string of the molecule is CCNCCS(=O)(=O)Nc1nnc(C)c(C)n1. The summed E-state index contributed by atoms with van der Waals surface area (Å²) in [6.45, 7) is 6.55. The third-order valence-electron chi connectivity index (χ3n) is 2.14. The Hall–Kier alpha value is -1.28. The predicted octanol–water partition coefficient (Wildman–Crippen LogP) is -0.160. The second kappa shape index (κ2) is 5.87. The van der Waals surface area contributed by atoms with Crippen molar-refractivity contribution in [1.82, 2.24) is 20.5 Å². The van der Waals surface area contributed by atoms with Crippen LogP contribution in [0.15, 0.2) is 0 Å². The molecule has 0 radical (unpaired) electrons. The highest BCUT2D eigenvalue weighted by atomic mass is 32.2. The van der Waals surface area contributed by atoms with Crippen molar-refractivity contribution in [2.45, 2.75) is 20.8 Å². The van der Waals surface area contributed by atoms with Gasteiger partial charge in [0.05, 0.1) is 17.1 Å². The summed E-state index contributed by atoms with van der Waals surface area (Å²) in [6.07, 6.45) is 0. The zero-order valence-electron chi connectivity index (χ0n) is 10.2. The molecule has 8 heteroatoms. The largest absolute Gasteiger partial charge is 0.316 e. The van der Waals surface area contributed by atoms with E-state index in [1.807, 2.05) is 6.92 Å². The number of rotatable bonds is 6. The van der Waals surface area contributed by atoms with Gasteiger partial charge in [0, 0.05) is 6.54 Å². The number of nitrogens with zero attached hydrogens (tertiary/aromatic N) is 3. The molecule has 0 bridgehead atoms. The fraction of sp³-hybridized carbons (Fsp3) is 0.667.